The lowest BCUT2D eigenvalue weighted by Crippen LogP contribution is -1.93. The summed E-state index contributed by atoms with van der Waals surface area (Å²) in [6.07, 6.45) is 4.50. The van der Waals surface area contributed by atoms with Crippen molar-refractivity contribution in [3.8, 4) is 11.3 Å². The van der Waals surface area contributed by atoms with Gasteiger partial charge in [-0.25, -0.2) is 0 Å². The molecule has 0 bridgehead atoms. The first kappa shape index (κ1) is 10.3. The summed E-state index contributed by atoms with van der Waals surface area (Å²) < 4.78 is 0. The van der Waals surface area contributed by atoms with E-state index in [9.17, 15) is 0 Å². The van der Waals surface area contributed by atoms with Crippen LogP contribution < -0.4 is 5.32 Å². The average Bonchev–Trinajstić information content (AvgIpc) is 3.23. The molecule has 86 valence electrons. The monoisotopic (exact) mass is 224 g/mol. The second kappa shape index (κ2) is 4.21. The molecule has 0 saturated heterocycles. The third-order valence-electron chi connectivity index (χ3n) is 3.30. The van der Waals surface area contributed by atoms with Crippen LogP contribution in [0.5, 0.6) is 0 Å². The molecule has 0 aliphatic heterocycles. The van der Waals surface area contributed by atoms with Gasteiger partial charge in [0.2, 0.25) is 0 Å². The van der Waals surface area contributed by atoms with Gasteiger partial charge >= 0.3 is 0 Å². The van der Waals surface area contributed by atoms with Gasteiger partial charge in [0, 0.05) is 24.5 Å². The molecular weight excluding hydrogens is 208 g/mol. The predicted octanol–water partition coefficient (Wildman–Crippen LogP) is 3.67. The lowest BCUT2D eigenvalue weighted by Gasteiger charge is -2.10. The topological polar surface area (TPSA) is 24.9 Å². The van der Waals surface area contributed by atoms with Gasteiger partial charge in [-0.1, -0.05) is 12.1 Å². The summed E-state index contributed by atoms with van der Waals surface area (Å²) >= 11 is 0. The Labute approximate surface area is 102 Å². The molecule has 1 fully saturated rings. The molecule has 0 unspecified atom stereocenters. The van der Waals surface area contributed by atoms with Crippen LogP contribution in [0.15, 0.2) is 42.6 Å². The van der Waals surface area contributed by atoms with Gasteiger partial charge in [0.25, 0.3) is 0 Å². The number of aromatic nitrogens is 1. The molecule has 0 atom stereocenters. The number of hydrogen-bond acceptors (Lipinski definition) is 2. The van der Waals surface area contributed by atoms with Crippen molar-refractivity contribution in [2.75, 3.05) is 12.4 Å². The quantitative estimate of drug-likeness (QED) is 0.860. The number of benzene rings is 1. The van der Waals surface area contributed by atoms with E-state index in [1.54, 1.807) is 0 Å². The standard InChI is InChI=1S/C15H16N2/c1-16-12-7-8-13(11-5-6-11)14(10-12)15-4-2-3-9-17-15/h2-4,7-11,16H,5-6H2,1H3. The molecule has 2 heteroatoms. The van der Waals surface area contributed by atoms with Crippen LogP contribution in [0.2, 0.25) is 0 Å². The number of hydrogen-bond donors (Lipinski definition) is 1. The van der Waals surface area contributed by atoms with Gasteiger partial charge in [0.1, 0.15) is 0 Å². The number of nitrogens with one attached hydrogen (secondary N) is 1. The summed E-state index contributed by atoms with van der Waals surface area (Å²) in [7, 11) is 1.95. The summed E-state index contributed by atoms with van der Waals surface area (Å²) in [5.74, 6) is 0.748. The van der Waals surface area contributed by atoms with Crippen molar-refractivity contribution in [3.63, 3.8) is 0 Å². The van der Waals surface area contributed by atoms with Gasteiger partial charge in [0.05, 0.1) is 5.69 Å². The van der Waals surface area contributed by atoms with Crippen LogP contribution in [0, 0.1) is 0 Å². The van der Waals surface area contributed by atoms with E-state index in [0.29, 0.717) is 0 Å². The number of nitrogens with zero attached hydrogens (tertiary/aromatic N) is 1. The highest BCUT2D eigenvalue weighted by molar-refractivity contribution is 5.70. The summed E-state index contributed by atoms with van der Waals surface area (Å²) in [6.45, 7) is 0. The third kappa shape index (κ3) is 2.03. The molecule has 1 aromatic heterocycles. The molecule has 1 aliphatic rings. The van der Waals surface area contributed by atoms with Crippen molar-refractivity contribution in [1.29, 1.82) is 0 Å². The van der Waals surface area contributed by atoms with E-state index in [2.05, 4.69) is 34.6 Å². The molecule has 2 aromatic rings. The van der Waals surface area contributed by atoms with Crippen molar-refractivity contribution < 1.29 is 0 Å². The van der Waals surface area contributed by atoms with Gasteiger partial charge in [-0.05, 0) is 48.6 Å². The Bertz CT molecular complexity index is 516. The van der Waals surface area contributed by atoms with Crippen molar-refractivity contribution in [3.05, 3.63) is 48.2 Å². The highest BCUT2D eigenvalue weighted by Gasteiger charge is 2.26. The van der Waals surface area contributed by atoms with Crippen LogP contribution in [0.25, 0.3) is 11.3 Å². The van der Waals surface area contributed by atoms with E-state index >= 15 is 0 Å². The normalized spacial score (nSPS) is 14.6. The summed E-state index contributed by atoms with van der Waals surface area (Å²) in [6, 6.07) is 12.7. The maximum atomic E-state index is 4.47. The second-order valence-corrected chi connectivity index (χ2v) is 4.54. The predicted molar refractivity (Wildman–Crippen MR) is 71.2 cm³/mol. The lowest BCUT2D eigenvalue weighted by molar-refractivity contribution is 1.12. The Morgan fingerprint density at radius 1 is 1.18 bits per heavy atom. The van der Waals surface area contributed by atoms with E-state index in [-0.39, 0.29) is 0 Å². The van der Waals surface area contributed by atoms with Crippen LogP contribution >= 0.6 is 0 Å². The molecule has 3 rings (SSSR count). The molecular formula is C15H16N2. The van der Waals surface area contributed by atoms with E-state index in [0.717, 1.165) is 17.3 Å². The van der Waals surface area contributed by atoms with Crippen LogP contribution in [0.1, 0.15) is 24.3 Å². The second-order valence-electron chi connectivity index (χ2n) is 4.54. The van der Waals surface area contributed by atoms with Gasteiger partial charge < -0.3 is 5.32 Å². The molecule has 17 heavy (non-hydrogen) atoms. The molecule has 0 radical (unpaired) electrons. The fourth-order valence-electron chi connectivity index (χ4n) is 2.21. The Hall–Kier alpha value is -1.83. The minimum atomic E-state index is 0.748. The van der Waals surface area contributed by atoms with Gasteiger partial charge in [-0.2, -0.15) is 0 Å². The summed E-state index contributed by atoms with van der Waals surface area (Å²) in [5.41, 5.74) is 4.95. The highest BCUT2D eigenvalue weighted by atomic mass is 14.8. The van der Waals surface area contributed by atoms with Crippen molar-refractivity contribution in [1.82, 2.24) is 4.98 Å². The van der Waals surface area contributed by atoms with E-state index < -0.39 is 0 Å². The van der Waals surface area contributed by atoms with Crippen LogP contribution in [0.4, 0.5) is 5.69 Å². The van der Waals surface area contributed by atoms with Crippen LogP contribution in [0.3, 0.4) is 0 Å². The van der Waals surface area contributed by atoms with E-state index in [1.807, 2.05) is 25.4 Å². The van der Waals surface area contributed by atoms with Gasteiger partial charge in [-0.3, -0.25) is 4.98 Å². The maximum Gasteiger partial charge on any atom is 0.0705 e. The minimum absolute atomic E-state index is 0.748. The van der Waals surface area contributed by atoms with Crippen LogP contribution in [-0.2, 0) is 0 Å². The van der Waals surface area contributed by atoms with Crippen molar-refractivity contribution in [2.24, 2.45) is 0 Å². The summed E-state index contributed by atoms with van der Waals surface area (Å²) in [5, 5.41) is 3.20. The maximum absolute atomic E-state index is 4.47. The molecule has 0 spiro atoms. The van der Waals surface area contributed by atoms with Gasteiger partial charge in [-0.15, -0.1) is 0 Å². The fraction of sp³-hybridized carbons (Fsp3) is 0.267. The fourth-order valence-corrected chi connectivity index (χ4v) is 2.21. The molecule has 1 heterocycles. The molecule has 1 saturated carbocycles. The average molecular weight is 224 g/mol. The smallest absolute Gasteiger partial charge is 0.0705 e. The van der Waals surface area contributed by atoms with Crippen molar-refractivity contribution in [2.45, 2.75) is 18.8 Å². The third-order valence-corrected chi connectivity index (χ3v) is 3.30. The molecule has 1 N–H and O–H groups in total. The minimum Gasteiger partial charge on any atom is -0.388 e. The molecule has 0 amide bonds. The van der Waals surface area contributed by atoms with Crippen molar-refractivity contribution >= 4 is 5.69 Å². The highest BCUT2D eigenvalue weighted by Crippen LogP contribution is 2.44. The first-order valence-electron chi connectivity index (χ1n) is 6.11. The lowest BCUT2D eigenvalue weighted by atomic mass is 9.99. The zero-order chi connectivity index (χ0) is 11.7. The molecule has 2 nitrogen and oxygen atoms in total. The Balaban J connectivity index is 2.11. The Morgan fingerprint density at radius 2 is 2.06 bits per heavy atom. The van der Waals surface area contributed by atoms with E-state index in [1.165, 1.54) is 24.0 Å². The number of pyridine rings is 1. The van der Waals surface area contributed by atoms with Crippen LogP contribution in [-0.4, -0.2) is 12.0 Å². The number of rotatable bonds is 3. The Morgan fingerprint density at radius 3 is 2.71 bits per heavy atom. The Kier molecular flexibility index (Phi) is 2.56. The first-order chi connectivity index (χ1) is 8.38. The SMILES string of the molecule is CNc1ccc(C2CC2)c(-c2ccccn2)c1. The molecule has 1 aromatic carbocycles. The largest absolute Gasteiger partial charge is 0.388 e. The zero-order valence-corrected chi connectivity index (χ0v) is 9.98. The number of anilines is 1. The zero-order valence-electron chi connectivity index (χ0n) is 9.98. The summed E-state index contributed by atoms with van der Waals surface area (Å²) in [4.78, 5) is 4.47. The molecule has 1 aliphatic carbocycles. The van der Waals surface area contributed by atoms with Gasteiger partial charge in [0.15, 0.2) is 0 Å². The first-order valence-corrected chi connectivity index (χ1v) is 6.11. The van der Waals surface area contributed by atoms with E-state index in [4.69, 9.17) is 0 Å².